The Morgan fingerprint density at radius 3 is 2.64 bits per heavy atom. The predicted octanol–water partition coefficient (Wildman–Crippen LogP) is 3.86. The van der Waals surface area contributed by atoms with Gasteiger partial charge < -0.3 is 10.1 Å². The van der Waals surface area contributed by atoms with E-state index in [1.807, 2.05) is 26.0 Å². The zero-order chi connectivity index (χ0) is 20.1. The highest BCUT2D eigenvalue weighted by Gasteiger charge is 2.10. The van der Waals surface area contributed by atoms with Gasteiger partial charge in [-0.3, -0.25) is 9.48 Å². The van der Waals surface area contributed by atoms with E-state index >= 15 is 0 Å². The summed E-state index contributed by atoms with van der Waals surface area (Å²) >= 11 is 12.0. The van der Waals surface area contributed by atoms with E-state index in [4.69, 9.17) is 27.9 Å². The first kappa shape index (κ1) is 20.2. The Kier molecular flexibility index (Phi) is 6.59. The average molecular weight is 422 g/mol. The number of ether oxygens (including phenoxy) is 1. The van der Waals surface area contributed by atoms with Gasteiger partial charge >= 0.3 is 0 Å². The molecule has 0 aliphatic carbocycles. The quantitative estimate of drug-likeness (QED) is 0.560. The fourth-order valence-corrected chi connectivity index (χ4v) is 2.94. The van der Waals surface area contributed by atoms with Crippen molar-refractivity contribution in [1.82, 2.24) is 24.9 Å². The molecule has 7 nitrogen and oxygen atoms in total. The molecule has 2 heterocycles. The lowest BCUT2D eigenvalue weighted by Crippen LogP contribution is -2.26. The molecule has 0 spiro atoms. The number of aryl methyl sites for hydroxylation is 3. The van der Waals surface area contributed by atoms with Crippen LogP contribution >= 0.6 is 23.2 Å². The van der Waals surface area contributed by atoms with E-state index < -0.39 is 0 Å². The molecule has 0 radical (unpaired) electrons. The third-order valence-corrected chi connectivity index (χ3v) is 4.89. The van der Waals surface area contributed by atoms with E-state index in [0.29, 0.717) is 29.6 Å². The molecule has 0 bridgehead atoms. The van der Waals surface area contributed by atoms with Crippen LogP contribution in [0.5, 0.6) is 5.75 Å². The molecule has 0 atom stereocenters. The molecule has 28 heavy (non-hydrogen) atoms. The maximum absolute atomic E-state index is 12.2. The van der Waals surface area contributed by atoms with E-state index in [1.165, 1.54) is 0 Å². The van der Waals surface area contributed by atoms with Crippen LogP contribution in [-0.4, -0.2) is 32.0 Å². The molecule has 1 amide bonds. The van der Waals surface area contributed by atoms with E-state index in [2.05, 4.69) is 15.5 Å². The Morgan fingerprint density at radius 2 is 1.96 bits per heavy atom. The van der Waals surface area contributed by atoms with E-state index in [-0.39, 0.29) is 12.6 Å². The number of rotatable bonds is 8. The van der Waals surface area contributed by atoms with Crippen molar-refractivity contribution in [3.63, 3.8) is 0 Å². The minimum Gasteiger partial charge on any atom is -0.471 e. The minimum absolute atomic E-state index is 0.202. The number of benzene rings is 1. The van der Waals surface area contributed by atoms with Crippen LogP contribution in [0.15, 0.2) is 36.8 Å². The zero-order valence-corrected chi connectivity index (χ0v) is 17.2. The number of carbonyl (C=O) groups excluding carboxylic acids is 1. The smallest absolute Gasteiger partial charge is 0.271 e. The van der Waals surface area contributed by atoms with Crippen LogP contribution < -0.4 is 10.1 Å². The largest absolute Gasteiger partial charge is 0.471 e. The Morgan fingerprint density at radius 1 is 1.21 bits per heavy atom. The molecule has 1 aromatic carbocycles. The summed E-state index contributed by atoms with van der Waals surface area (Å²) in [5.74, 6) is 0.482. The summed E-state index contributed by atoms with van der Waals surface area (Å²) in [4.78, 5) is 12.2. The van der Waals surface area contributed by atoms with Gasteiger partial charge in [-0.15, -0.1) is 0 Å². The summed E-state index contributed by atoms with van der Waals surface area (Å²) in [7, 11) is 0. The van der Waals surface area contributed by atoms with E-state index in [9.17, 15) is 4.79 Å². The Labute approximate surface area is 173 Å². The molecule has 3 aromatic rings. The third kappa shape index (κ3) is 5.27. The number of hydrogen-bond donors (Lipinski definition) is 1. The van der Waals surface area contributed by atoms with Gasteiger partial charge in [-0.2, -0.15) is 10.2 Å². The molecular weight excluding hydrogens is 401 g/mol. The lowest BCUT2D eigenvalue weighted by molar-refractivity contribution is 0.0945. The van der Waals surface area contributed by atoms with Crippen molar-refractivity contribution in [2.45, 2.75) is 33.5 Å². The van der Waals surface area contributed by atoms with Gasteiger partial charge in [-0.25, -0.2) is 4.68 Å². The third-order valence-electron chi connectivity index (χ3n) is 4.10. The molecule has 0 aliphatic rings. The van der Waals surface area contributed by atoms with Crippen LogP contribution in [0.4, 0.5) is 0 Å². The van der Waals surface area contributed by atoms with Crippen LogP contribution in [-0.2, 0) is 13.3 Å². The fourth-order valence-electron chi connectivity index (χ4n) is 2.68. The molecule has 0 unspecified atom stereocenters. The molecule has 0 saturated carbocycles. The first-order chi connectivity index (χ1) is 13.4. The van der Waals surface area contributed by atoms with Gasteiger partial charge in [0, 0.05) is 30.5 Å². The zero-order valence-electron chi connectivity index (χ0n) is 15.7. The highest BCUT2D eigenvalue weighted by molar-refractivity contribution is 6.32. The first-order valence-electron chi connectivity index (χ1n) is 8.81. The van der Waals surface area contributed by atoms with Gasteiger partial charge in [0.25, 0.3) is 5.91 Å². The van der Waals surface area contributed by atoms with E-state index in [0.717, 1.165) is 22.6 Å². The normalized spacial score (nSPS) is 10.9. The summed E-state index contributed by atoms with van der Waals surface area (Å²) in [6.07, 6.45) is 5.77. The van der Waals surface area contributed by atoms with Crippen molar-refractivity contribution < 1.29 is 9.53 Å². The van der Waals surface area contributed by atoms with Crippen LogP contribution in [0.1, 0.15) is 28.0 Å². The van der Waals surface area contributed by atoms with Gasteiger partial charge in [0.2, 0.25) is 0 Å². The number of carbonyl (C=O) groups is 1. The minimum atomic E-state index is -0.226. The lowest BCUT2D eigenvalue weighted by Gasteiger charge is -2.10. The fraction of sp³-hybridized carbons (Fsp3) is 0.316. The van der Waals surface area contributed by atoms with Crippen molar-refractivity contribution in [1.29, 1.82) is 0 Å². The van der Waals surface area contributed by atoms with Crippen LogP contribution in [0.2, 0.25) is 10.0 Å². The second kappa shape index (κ2) is 9.12. The number of amides is 1. The van der Waals surface area contributed by atoms with Gasteiger partial charge in [0.05, 0.1) is 11.2 Å². The second-order valence-electron chi connectivity index (χ2n) is 6.42. The van der Waals surface area contributed by atoms with Gasteiger partial charge in [0.1, 0.15) is 11.4 Å². The molecule has 0 aliphatic heterocycles. The van der Waals surface area contributed by atoms with Gasteiger partial charge in [0.15, 0.2) is 6.73 Å². The Balaban J connectivity index is 1.46. The number of aromatic nitrogens is 4. The van der Waals surface area contributed by atoms with Crippen molar-refractivity contribution >= 4 is 29.1 Å². The number of halogens is 2. The predicted molar refractivity (Wildman–Crippen MR) is 108 cm³/mol. The van der Waals surface area contributed by atoms with Gasteiger partial charge in [-0.1, -0.05) is 23.2 Å². The highest BCUT2D eigenvalue weighted by Crippen LogP contribution is 2.26. The molecule has 1 N–H and O–H groups in total. The molecule has 148 valence electrons. The summed E-state index contributed by atoms with van der Waals surface area (Å²) in [5, 5.41) is 12.5. The van der Waals surface area contributed by atoms with E-state index in [1.54, 1.807) is 34.0 Å². The maximum atomic E-state index is 12.2. The average Bonchev–Trinajstić information content (AvgIpc) is 3.30. The number of nitrogens with zero attached hydrogens (tertiary/aromatic N) is 4. The maximum Gasteiger partial charge on any atom is 0.271 e. The van der Waals surface area contributed by atoms with Crippen molar-refractivity contribution in [2.75, 3.05) is 6.54 Å². The standard InChI is InChI=1S/C19H21Cl2N5O2/c1-13-8-16(9-14(2)18(13)21)28-12-26-7-4-17(24-26)19(27)22-5-3-6-25-11-15(20)10-23-25/h4,7-11H,3,5-6,12H2,1-2H3,(H,22,27). The van der Waals surface area contributed by atoms with Gasteiger partial charge in [-0.05, 0) is 49.6 Å². The molecule has 3 rings (SSSR count). The second-order valence-corrected chi connectivity index (χ2v) is 7.23. The monoisotopic (exact) mass is 421 g/mol. The van der Waals surface area contributed by atoms with Crippen molar-refractivity contribution in [2.24, 2.45) is 0 Å². The highest BCUT2D eigenvalue weighted by atomic mass is 35.5. The first-order valence-corrected chi connectivity index (χ1v) is 9.57. The van der Waals surface area contributed by atoms with Crippen LogP contribution in [0.3, 0.4) is 0 Å². The van der Waals surface area contributed by atoms with Crippen molar-refractivity contribution in [3.8, 4) is 5.75 Å². The molecule has 0 fully saturated rings. The number of hydrogen-bond acceptors (Lipinski definition) is 4. The molecule has 0 saturated heterocycles. The molecule has 9 heteroatoms. The summed E-state index contributed by atoms with van der Waals surface area (Å²) < 4.78 is 9.05. The van der Waals surface area contributed by atoms with Crippen LogP contribution in [0.25, 0.3) is 0 Å². The van der Waals surface area contributed by atoms with Crippen LogP contribution in [0, 0.1) is 13.8 Å². The Hall–Kier alpha value is -2.51. The molecule has 2 aromatic heterocycles. The number of nitrogens with one attached hydrogen (secondary N) is 1. The Bertz CT molecular complexity index is 944. The lowest BCUT2D eigenvalue weighted by atomic mass is 10.1. The summed E-state index contributed by atoms with van der Waals surface area (Å²) in [5.41, 5.74) is 2.25. The SMILES string of the molecule is Cc1cc(OCn2ccc(C(=O)NCCCn3cc(Cl)cn3)n2)cc(C)c1Cl. The summed E-state index contributed by atoms with van der Waals surface area (Å²) in [6, 6.07) is 5.41. The van der Waals surface area contributed by atoms with Crippen molar-refractivity contribution in [3.05, 3.63) is 63.7 Å². The topological polar surface area (TPSA) is 74.0 Å². The molecular formula is C19H21Cl2N5O2. The summed E-state index contributed by atoms with van der Waals surface area (Å²) in [6.45, 7) is 5.26.